The number of hydrogen-bond acceptors (Lipinski definition) is 6. The van der Waals surface area contributed by atoms with Crippen molar-refractivity contribution in [2.24, 2.45) is 0 Å². The van der Waals surface area contributed by atoms with Crippen LogP contribution in [0.5, 0.6) is 0 Å². The highest BCUT2D eigenvalue weighted by Gasteiger charge is 2.01. The summed E-state index contributed by atoms with van der Waals surface area (Å²) >= 11 is 0. The van der Waals surface area contributed by atoms with Crippen LogP contribution in [0.3, 0.4) is 0 Å². The maximum absolute atomic E-state index is 11.0. The first-order valence-corrected chi connectivity index (χ1v) is 6.88. The second-order valence-electron chi connectivity index (χ2n) is 4.57. The number of methoxy groups -OCH3 is 1. The van der Waals surface area contributed by atoms with Crippen LogP contribution in [0, 0.1) is 0 Å². The van der Waals surface area contributed by atoms with E-state index in [2.05, 4.69) is 25.9 Å². The Bertz CT molecular complexity index is 616. The molecule has 0 aliphatic heterocycles. The van der Waals surface area contributed by atoms with E-state index in [1.165, 1.54) is 6.92 Å². The lowest BCUT2D eigenvalue weighted by Crippen LogP contribution is -2.09. The molecule has 3 N–H and O–H groups in total. The van der Waals surface area contributed by atoms with Gasteiger partial charge in [-0.25, -0.2) is 4.98 Å². The molecule has 1 aromatic heterocycles. The number of carbonyl (C=O) groups excluding carboxylic acids is 1. The first kappa shape index (κ1) is 15.7. The SMILES string of the molecule is COCCNc1ccnc(Nc2ccc(NC(C)=O)cc2)n1. The maximum Gasteiger partial charge on any atom is 0.229 e. The van der Waals surface area contributed by atoms with E-state index in [0.717, 1.165) is 17.2 Å². The smallest absolute Gasteiger partial charge is 0.229 e. The van der Waals surface area contributed by atoms with Crippen molar-refractivity contribution in [2.45, 2.75) is 6.92 Å². The van der Waals surface area contributed by atoms with Crippen molar-refractivity contribution in [1.29, 1.82) is 0 Å². The van der Waals surface area contributed by atoms with Crippen molar-refractivity contribution in [2.75, 3.05) is 36.2 Å². The summed E-state index contributed by atoms with van der Waals surface area (Å²) in [5.74, 6) is 1.12. The van der Waals surface area contributed by atoms with Gasteiger partial charge in [0.15, 0.2) is 0 Å². The van der Waals surface area contributed by atoms with E-state index in [0.29, 0.717) is 19.1 Å². The van der Waals surface area contributed by atoms with Gasteiger partial charge in [-0.3, -0.25) is 4.79 Å². The molecule has 0 fully saturated rings. The first-order valence-electron chi connectivity index (χ1n) is 6.88. The van der Waals surface area contributed by atoms with E-state index in [9.17, 15) is 4.79 Å². The van der Waals surface area contributed by atoms with E-state index < -0.39 is 0 Å². The predicted octanol–water partition coefficient (Wildman–Crippen LogP) is 2.24. The molecule has 7 nitrogen and oxygen atoms in total. The molecule has 0 unspecified atom stereocenters. The summed E-state index contributed by atoms with van der Waals surface area (Å²) in [6.45, 7) is 2.76. The second kappa shape index (κ2) is 7.94. The molecule has 1 aromatic carbocycles. The number of nitrogens with zero attached hydrogens (tertiary/aromatic N) is 2. The van der Waals surface area contributed by atoms with Crippen LogP contribution in [-0.2, 0) is 9.53 Å². The minimum Gasteiger partial charge on any atom is -0.383 e. The number of nitrogens with one attached hydrogen (secondary N) is 3. The summed E-state index contributed by atoms with van der Waals surface area (Å²) in [5, 5.41) is 8.96. The Morgan fingerprint density at radius 3 is 2.59 bits per heavy atom. The summed E-state index contributed by atoms with van der Waals surface area (Å²) in [6.07, 6.45) is 1.68. The van der Waals surface area contributed by atoms with Gasteiger partial charge in [-0.2, -0.15) is 4.98 Å². The number of rotatable bonds is 7. The van der Waals surface area contributed by atoms with E-state index >= 15 is 0 Å². The third-order valence-electron chi connectivity index (χ3n) is 2.73. The van der Waals surface area contributed by atoms with Crippen LogP contribution < -0.4 is 16.0 Å². The van der Waals surface area contributed by atoms with Gasteiger partial charge in [-0.1, -0.05) is 0 Å². The molecule has 116 valence electrons. The van der Waals surface area contributed by atoms with Crippen LogP contribution in [0.15, 0.2) is 36.5 Å². The van der Waals surface area contributed by atoms with E-state index in [1.807, 2.05) is 24.3 Å². The average Bonchev–Trinajstić information content (AvgIpc) is 2.49. The lowest BCUT2D eigenvalue weighted by Gasteiger charge is -2.09. The molecule has 2 aromatic rings. The van der Waals surface area contributed by atoms with Crippen molar-refractivity contribution in [3.8, 4) is 0 Å². The van der Waals surface area contributed by atoms with Gasteiger partial charge >= 0.3 is 0 Å². The monoisotopic (exact) mass is 301 g/mol. The minimum absolute atomic E-state index is 0.0983. The molecule has 2 rings (SSSR count). The molecule has 0 radical (unpaired) electrons. The lowest BCUT2D eigenvalue weighted by molar-refractivity contribution is -0.114. The van der Waals surface area contributed by atoms with Crippen LogP contribution in [0.2, 0.25) is 0 Å². The molecule has 0 atom stereocenters. The molecule has 0 spiro atoms. The number of carbonyl (C=O) groups is 1. The van der Waals surface area contributed by atoms with Gasteiger partial charge in [0.05, 0.1) is 6.61 Å². The van der Waals surface area contributed by atoms with E-state index in [1.54, 1.807) is 19.4 Å². The highest BCUT2D eigenvalue weighted by molar-refractivity contribution is 5.88. The molecule has 0 saturated heterocycles. The Balaban J connectivity index is 1.97. The molecular formula is C15H19N5O2. The fourth-order valence-corrected chi connectivity index (χ4v) is 1.77. The van der Waals surface area contributed by atoms with Crippen molar-refractivity contribution in [3.63, 3.8) is 0 Å². The molecule has 0 aliphatic rings. The van der Waals surface area contributed by atoms with Gasteiger partial charge in [-0.05, 0) is 30.3 Å². The van der Waals surface area contributed by atoms with Gasteiger partial charge in [-0.15, -0.1) is 0 Å². The Kier molecular flexibility index (Phi) is 5.67. The summed E-state index contributed by atoms with van der Waals surface area (Å²) < 4.78 is 4.98. The predicted molar refractivity (Wildman–Crippen MR) is 86.4 cm³/mol. The van der Waals surface area contributed by atoms with Crippen LogP contribution in [0.1, 0.15) is 6.92 Å². The van der Waals surface area contributed by atoms with Crippen molar-refractivity contribution in [3.05, 3.63) is 36.5 Å². The fraction of sp³-hybridized carbons (Fsp3) is 0.267. The van der Waals surface area contributed by atoms with Crippen LogP contribution >= 0.6 is 0 Å². The molecule has 0 aliphatic carbocycles. The quantitative estimate of drug-likeness (QED) is 0.680. The largest absolute Gasteiger partial charge is 0.383 e. The van der Waals surface area contributed by atoms with E-state index in [4.69, 9.17) is 4.74 Å². The standard InChI is InChI=1S/C15H19N5O2/c1-11(21)18-12-3-5-13(6-4-12)19-15-17-8-7-14(20-15)16-9-10-22-2/h3-8H,9-10H2,1-2H3,(H,18,21)(H2,16,17,19,20). The van der Waals surface area contributed by atoms with Gasteiger partial charge in [0.1, 0.15) is 5.82 Å². The lowest BCUT2D eigenvalue weighted by atomic mass is 10.3. The Hall–Kier alpha value is -2.67. The topological polar surface area (TPSA) is 88.2 Å². The maximum atomic E-state index is 11.0. The first-order chi connectivity index (χ1) is 10.7. The average molecular weight is 301 g/mol. The number of amides is 1. The zero-order valence-corrected chi connectivity index (χ0v) is 12.6. The van der Waals surface area contributed by atoms with Gasteiger partial charge in [0.2, 0.25) is 11.9 Å². The molecular weight excluding hydrogens is 282 g/mol. The van der Waals surface area contributed by atoms with Crippen LogP contribution in [0.25, 0.3) is 0 Å². The molecule has 1 amide bonds. The summed E-state index contributed by atoms with van der Waals surface area (Å²) in [4.78, 5) is 19.5. The van der Waals surface area contributed by atoms with E-state index in [-0.39, 0.29) is 5.91 Å². The Morgan fingerprint density at radius 1 is 1.18 bits per heavy atom. The van der Waals surface area contributed by atoms with Gasteiger partial charge in [0, 0.05) is 38.1 Å². The number of anilines is 4. The Labute approximate surface area is 129 Å². The van der Waals surface area contributed by atoms with Crippen LogP contribution in [0.4, 0.5) is 23.1 Å². The third kappa shape index (κ3) is 5.02. The third-order valence-corrected chi connectivity index (χ3v) is 2.73. The zero-order chi connectivity index (χ0) is 15.8. The van der Waals surface area contributed by atoms with Crippen molar-refractivity contribution < 1.29 is 9.53 Å². The number of hydrogen-bond donors (Lipinski definition) is 3. The van der Waals surface area contributed by atoms with Crippen LogP contribution in [-0.4, -0.2) is 36.1 Å². The number of aromatic nitrogens is 2. The molecule has 22 heavy (non-hydrogen) atoms. The van der Waals surface area contributed by atoms with Gasteiger partial charge in [0.25, 0.3) is 0 Å². The molecule has 0 bridgehead atoms. The minimum atomic E-state index is -0.0983. The molecule has 7 heteroatoms. The normalized spacial score (nSPS) is 10.1. The Morgan fingerprint density at radius 2 is 1.91 bits per heavy atom. The zero-order valence-electron chi connectivity index (χ0n) is 12.6. The summed E-state index contributed by atoms with van der Waals surface area (Å²) in [7, 11) is 1.65. The number of ether oxygens (including phenoxy) is 1. The van der Waals surface area contributed by atoms with Crippen molar-refractivity contribution >= 4 is 29.0 Å². The van der Waals surface area contributed by atoms with Gasteiger partial charge < -0.3 is 20.7 Å². The molecule has 0 saturated carbocycles. The summed E-state index contributed by atoms with van der Waals surface area (Å²) in [6, 6.07) is 9.11. The number of benzene rings is 1. The molecule has 1 heterocycles. The fourth-order valence-electron chi connectivity index (χ4n) is 1.77. The highest BCUT2D eigenvalue weighted by Crippen LogP contribution is 2.17. The summed E-state index contributed by atoms with van der Waals surface area (Å²) in [5.41, 5.74) is 1.58. The van der Waals surface area contributed by atoms with Crippen molar-refractivity contribution in [1.82, 2.24) is 9.97 Å². The highest BCUT2D eigenvalue weighted by atomic mass is 16.5. The second-order valence-corrected chi connectivity index (χ2v) is 4.57.